The molecule has 5 heteroatoms. The van der Waals surface area contributed by atoms with E-state index in [4.69, 9.17) is 0 Å². The lowest BCUT2D eigenvalue weighted by Crippen LogP contribution is -2.37. The molecule has 1 aromatic carbocycles. The predicted molar refractivity (Wildman–Crippen MR) is 103 cm³/mol. The lowest BCUT2D eigenvalue weighted by atomic mass is 9.83. The van der Waals surface area contributed by atoms with Gasteiger partial charge in [-0.15, -0.1) is 0 Å². The topological polar surface area (TPSA) is 71.1 Å². The smallest absolute Gasteiger partial charge is 0.224 e. The van der Waals surface area contributed by atoms with E-state index < -0.39 is 0 Å². The Morgan fingerprint density at radius 3 is 2.85 bits per heavy atom. The number of rotatable bonds is 8. The van der Waals surface area contributed by atoms with E-state index in [2.05, 4.69) is 15.6 Å². The van der Waals surface area contributed by atoms with Crippen LogP contribution in [0.25, 0.3) is 10.9 Å². The van der Waals surface area contributed by atoms with Gasteiger partial charge in [0.05, 0.1) is 11.9 Å². The Labute approximate surface area is 154 Å². The van der Waals surface area contributed by atoms with E-state index in [9.17, 15) is 9.59 Å². The van der Waals surface area contributed by atoms with Crippen molar-refractivity contribution in [1.82, 2.24) is 15.6 Å². The minimum Gasteiger partial charge on any atom is -0.356 e. The average Bonchev–Trinajstić information content (AvgIpc) is 2.58. The van der Waals surface area contributed by atoms with Gasteiger partial charge in [-0.05, 0) is 49.8 Å². The SMILES string of the molecule is C[C@@H](CCNC(=O)CC1CCC1)NC(=O)Cc1ccc2cccnc2c1. The number of carbonyl (C=O) groups excluding carboxylic acids is 2. The minimum absolute atomic E-state index is 0.00595. The first-order valence-electron chi connectivity index (χ1n) is 9.50. The second-order valence-electron chi connectivity index (χ2n) is 7.32. The summed E-state index contributed by atoms with van der Waals surface area (Å²) in [5, 5.41) is 7.03. The molecule has 3 rings (SSSR count). The largest absolute Gasteiger partial charge is 0.356 e. The Morgan fingerprint density at radius 1 is 1.23 bits per heavy atom. The minimum atomic E-state index is -0.00595. The van der Waals surface area contributed by atoms with Gasteiger partial charge in [0.1, 0.15) is 0 Å². The van der Waals surface area contributed by atoms with Gasteiger partial charge < -0.3 is 10.6 Å². The van der Waals surface area contributed by atoms with Crippen molar-refractivity contribution in [2.45, 2.75) is 51.5 Å². The summed E-state index contributed by atoms with van der Waals surface area (Å²) in [6, 6.07) is 9.86. The Morgan fingerprint density at radius 2 is 2.08 bits per heavy atom. The summed E-state index contributed by atoms with van der Waals surface area (Å²) in [5.41, 5.74) is 1.86. The maximum Gasteiger partial charge on any atom is 0.224 e. The zero-order chi connectivity index (χ0) is 18.4. The molecule has 0 radical (unpaired) electrons. The molecule has 1 aliphatic rings. The van der Waals surface area contributed by atoms with Crippen LogP contribution in [-0.4, -0.2) is 29.4 Å². The molecule has 1 atom stereocenters. The Bertz CT molecular complexity index is 771. The molecule has 0 spiro atoms. The summed E-state index contributed by atoms with van der Waals surface area (Å²) in [5.74, 6) is 0.717. The number of aromatic nitrogens is 1. The third-order valence-corrected chi connectivity index (χ3v) is 5.04. The van der Waals surface area contributed by atoms with Crippen molar-refractivity contribution in [3.63, 3.8) is 0 Å². The quantitative estimate of drug-likeness (QED) is 0.766. The summed E-state index contributed by atoms with van der Waals surface area (Å²) in [6.07, 6.45) is 7.11. The van der Waals surface area contributed by atoms with Crippen molar-refractivity contribution in [3.8, 4) is 0 Å². The van der Waals surface area contributed by atoms with Gasteiger partial charge in [-0.2, -0.15) is 0 Å². The molecule has 0 bridgehead atoms. The molecular weight excluding hydrogens is 326 g/mol. The van der Waals surface area contributed by atoms with Crippen LogP contribution < -0.4 is 10.6 Å². The number of hydrogen-bond acceptors (Lipinski definition) is 3. The highest BCUT2D eigenvalue weighted by molar-refractivity contribution is 5.83. The third kappa shape index (κ3) is 5.28. The van der Waals surface area contributed by atoms with Crippen molar-refractivity contribution < 1.29 is 9.59 Å². The molecule has 0 aliphatic heterocycles. The Balaban J connectivity index is 1.38. The van der Waals surface area contributed by atoms with Gasteiger partial charge in [0, 0.05) is 30.6 Å². The maximum absolute atomic E-state index is 12.2. The lowest BCUT2D eigenvalue weighted by molar-refractivity contribution is -0.122. The number of nitrogens with one attached hydrogen (secondary N) is 2. The second-order valence-corrected chi connectivity index (χ2v) is 7.32. The molecule has 1 saturated carbocycles. The molecule has 1 aliphatic carbocycles. The Kier molecular flexibility index (Phi) is 6.21. The van der Waals surface area contributed by atoms with Crippen LogP contribution in [-0.2, 0) is 16.0 Å². The molecule has 2 N–H and O–H groups in total. The van der Waals surface area contributed by atoms with Gasteiger partial charge in [-0.3, -0.25) is 14.6 Å². The number of amides is 2. The molecule has 138 valence electrons. The second kappa shape index (κ2) is 8.79. The van der Waals surface area contributed by atoms with Crippen LogP contribution in [0.3, 0.4) is 0 Å². The summed E-state index contributed by atoms with van der Waals surface area (Å²) < 4.78 is 0. The van der Waals surface area contributed by atoms with Crippen molar-refractivity contribution in [2.75, 3.05) is 6.54 Å². The summed E-state index contributed by atoms with van der Waals surface area (Å²) >= 11 is 0. The van der Waals surface area contributed by atoms with Crippen molar-refractivity contribution >= 4 is 22.7 Å². The molecule has 0 saturated heterocycles. The predicted octanol–water partition coefficient (Wildman–Crippen LogP) is 2.98. The van der Waals surface area contributed by atoms with Gasteiger partial charge in [0.15, 0.2) is 0 Å². The van der Waals surface area contributed by atoms with Crippen LogP contribution in [0.15, 0.2) is 36.5 Å². The fraction of sp³-hybridized carbons (Fsp3) is 0.476. The van der Waals surface area contributed by atoms with Crippen molar-refractivity contribution in [1.29, 1.82) is 0 Å². The fourth-order valence-corrected chi connectivity index (χ4v) is 3.26. The third-order valence-electron chi connectivity index (χ3n) is 5.04. The fourth-order valence-electron chi connectivity index (χ4n) is 3.26. The zero-order valence-electron chi connectivity index (χ0n) is 15.3. The molecule has 1 fully saturated rings. The van der Waals surface area contributed by atoms with E-state index in [1.165, 1.54) is 19.3 Å². The summed E-state index contributed by atoms with van der Waals surface area (Å²) in [6.45, 7) is 2.57. The van der Waals surface area contributed by atoms with Crippen LogP contribution in [0, 0.1) is 5.92 Å². The van der Waals surface area contributed by atoms with Gasteiger partial charge in [0.25, 0.3) is 0 Å². The summed E-state index contributed by atoms with van der Waals surface area (Å²) in [4.78, 5) is 28.3. The van der Waals surface area contributed by atoms with E-state index in [1.807, 2.05) is 37.3 Å². The van der Waals surface area contributed by atoms with Crippen molar-refractivity contribution in [2.24, 2.45) is 5.92 Å². The lowest BCUT2D eigenvalue weighted by Gasteiger charge is -2.24. The molecule has 0 unspecified atom stereocenters. The highest BCUT2D eigenvalue weighted by Gasteiger charge is 2.20. The number of fused-ring (bicyclic) bond motifs is 1. The van der Waals surface area contributed by atoms with Crippen LogP contribution in [0.5, 0.6) is 0 Å². The van der Waals surface area contributed by atoms with Gasteiger partial charge >= 0.3 is 0 Å². The number of pyridine rings is 1. The molecule has 5 nitrogen and oxygen atoms in total. The molecule has 26 heavy (non-hydrogen) atoms. The van der Waals surface area contributed by atoms with Crippen LogP contribution in [0.4, 0.5) is 0 Å². The van der Waals surface area contributed by atoms with Crippen LogP contribution in [0.1, 0.15) is 44.6 Å². The number of carbonyl (C=O) groups is 2. The number of nitrogens with zero attached hydrogens (tertiary/aromatic N) is 1. The zero-order valence-corrected chi connectivity index (χ0v) is 15.3. The summed E-state index contributed by atoms with van der Waals surface area (Å²) in [7, 11) is 0. The maximum atomic E-state index is 12.2. The van der Waals surface area contributed by atoms with E-state index >= 15 is 0 Å². The first-order valence-corrected chi connectivity index (χ1v) is 9.50. The number of benzene rings is 1. The van der Waals surface area contributed by atoms with E-state index in [0.29, 0.717) is 25.3 Å². The molecule has 2 amide bonds. The molecule has 1 aromatic heterocycles. The first kappa shape index (κ1) is 18.4. The first-order chi connectivity index (χ1) is 12.6. The van der Waals surface area contributed by atoms with E-state index in [0.717, 1.165) is 22.9 Å². The van der Waals surface area contributed by atoms with Crippen molar-refractivity contribution in [3.05, 3.63) is 42.1 Å². The normalized spacial score (nSPS) is 15.3. The molecule has 2 aromatic rings. The highest BCUT2D eigenvalue weighted by Crippen LogP contribution is 2.29. The van der Waals surface area contributed by atoms with E-state index in [-0.39, 0.29) is 17.9 Å². The van der Waals surface area contributed by atoms with Gasteiger partial charge in [-0.25, -0.2) is 0 Å². The monoisotopic (exact) mass is 353 g/mol. The van der Waals surface area contributed by atoms with Crippen LogP contribution in [0.2, 0.25) is 0 Å². The number of hydrogen-bond donors (Lipinski definition) is 2. The van der Waals surface area contributed by atoms with Gasteiger partial charge in [-0.1, -0.05) is 24.6 Å². The van der Waals surface area contributed by atoms with E-state index in [1.54, 1.807) is 6.20 Å². The average molecular weight is 353 g/mol. The standard InChI is InChI=1S/C21H27N3O2/c1-15(9-11-23-20(25)13-16-4-2-5-16)24-21(26)14-17-7-8-18-6-3-10-22-19(18)12-17/h3,6-8,10,12,15-16H,2,4-5,9,11,13-14H2,1H3,(H,23,25)(H,24,26)/t15-/m0/s1. The molecule has 1 heterocycles. The Hall–Kier alpha value is -2.43. The molecular formula is C21H27N3O2. The van der Waals surface area contributed by atoms with Crippen LogP contribution >= 0.6 is 0 Å². The highest BCUT2D eigenvalue weighted by atomic mass is 16.2. The van der Waals surface area contributed by atoms with Gasteiger partial charge in [0.2, 0.25) is 11.8 Å².